The molecule has 128 valence electrons. The number of nitrogens with one attached hydrogen (secondary N) is 2. The number of hydrogen-bond acceptors (Lipinski definition) is 2. The fourth-order valence-corrected chi connectivity index (χ4v) is 2.59. The van der Waals surface area contributed by atoms with E-state index in [-0.39, 0.29) is 17.7 Å². The van der Waals surface area contributed by atoms with E-state index in [0.29, 0.717) is 6.42 Å². The van der Waals surface area contributed by atoms with Crippen LogP contribution in [-0.4, -0.2) is 11.8 Å². The lowest BCUT2D eigenvalue weighted by Crippen LogP contribution is -2.42. The summed E-state index contributed by atoms with van der Waals surface area (Å²) in [4.78, 5) is 22.9. The SMILES string of the molecule is CCCCCCCCCCCCCC(=O)NNC(=O)C1CC1. The monoisotopic (exact) mass is 310 g/mol. The first-order valence-electron chi connectivity index (χ1n) is 9.32. The van der Waals surface area contributed by atoms with Gasteiger partial charge in [0.25, 0.3) is 0 Å². The molecule has 1 fully saturated rings. The quantitative estimate of drug-likeness (QED) is 0.395. The highest BCUT2D eigenvalue weighted by Crippen LogP contribution is 2.28. The molecule has 0 heterocycles. The standard InChI is InChI=1S/C18H34N2O2/c1-2-3-4-5-6-7-8-9-10-11-12-13-17(21)19-20-18(22)16-14-15-16/h16H,2-15H2,1H3,(H,19,21)(H,20,22). The molecule has 0 radical (unpaired) electrons. The van der Waals surface area contributed by atoms with E-state index in [9.17, 15) is 9.59 Å². The third-order valence-corrected chi connectivity index (χ3v) is 4.28. The molecule has 0 atom stereocenters. The van der Waals surface area contributed by atoms with Crippen LogP contribution in [0.25, 0.3) is 0 Å². The molecule has 4 nitrogen and oxygen atoms in total. The van der Waals surface area contributed by atoms with Gasteiger partial charge in [0.15, 0.2) is 0 Å². The van der Waals surface area contributed by atoms with Crippen LogP contribution in [0.4, 0.5) is 0 Å². The van der Waals surface area contributed by atoms with Crippen LogP contribution in [-0.2, 0) is 9.59 Å². The van der Waals surface area contributed by atoms with Gasteiger partial charge in [0.2, 0.25) is 11.8 Å². The number of carbonyl (C=O) groups is 2. The van der Waals surface area contributed by atoms with E-state index in [1.165, 1.54) is 57.8 Å². The van der Waals surface area contributed by atoms with Crippen LogP contribution in [0.5, 0.6) is 0 Å². The second kappa shape index (κ2) is 12.5. The van der Waals surface area contributed by atoms with Crippen molar-refractivity contribution < 1.29 is 9.59 Å². The predicted octanol–water partition coefficient (Wildman–Crippen LogP) is 4.24. The van der Waals surface area contributed by atoms with Crippen LogP contribution in [0.15, 0.2) is 0 Å². The lowest BCUT2D eigenvalue weighted by atomic mass is 10.1. The number of rotatable bonds is 13. The number of amides is 2. The molecule has 2 N–H and O–H groups in total. The first kappa shape index (κ1) is 19.0. The molecule has 2 amide bonds. The van der Waals surface area contributed by atoms with Crippen LogP contribution in [0.1, 0.15) is 96.8 Å². The summed E-state index contributed by atoms with van der Waals surface area (Å²) in [6, 6.07) is 0. The summed E-state index contributed by atoms with van der Waals surface area (Å²) < 4.78 is 0. The van der Waals surface area contributed by atoms with Crippen molar-refractivity contribution in [3.8, 4) is 0 Å². The largest absolute Gasteiger partial charge is 0.273 e. The summed E-state index contributed by atoms with van der Waals surface area (Å²) in [5.41, 5.74) is 5.00. The molecule has 0 aromatic heterocycles. The van der Waals surface area contributed by atoms with Gasteiger partial charge in [-0.05, 0) is 19.3 Å². The van der Waals surface area contributed by atoms with Gasteiger partial charge >= 0.3 is 0 Å². The summed E-state index contributed by atoms with van der Waals surface area (Å²) in [6.45, 7) is 2.25. The number of unbranched alkanes of at least 4 members (excludes halogenated alkanes) is 10. The Morgan fingerprint density at radius 3 is 1.77 bits per heavy atom. The molecule has 0 spiro atoms. The minimum Gasteiger partial charge on any atom is -0.273 e. The second-order valence-electron chi connectivity index (χ2n) is 6.60. The molecule has 1 saturated carbocycles. The predicted molar refractivity (Wildman–Crippen MR) is 90.1 cm³/mol. The van der Waals surface area contributed by atoms with E-state index in [0.717, 1.165) is 25.7 Å². The molecule has 0 aromatic carbocycles. The van der Waals surface area contributed by atoms with E-state index in [1.54, 1.807) is 0 Å². The summed E-state index contributed by atoms with van der Waals surface area (Å²) in [5.74, 6) is 0.0412. The van der Waals surface area contributed by atoms with E-state index >= 15 is 0 Å². The molecule has 0 bridgehead atoms. The highest BCUT2D eigenvalue weighted by Gasteiger charge is 2.29. The van der Waals surface area contributed by atoms with Crippen molar-refractivity contribution in [1.29, 1.82) is 0 Å². The normalized spacial score (nSPS) is 13.9. The third-order valence-electron chi connectivity index (χ3n) is 4.28. The van der Waals surface area contributed by atoms with Gasteiger partial charge in [-0.1, -0.05) is 71.1 Å². The van der Waals surface area contributed by atoms with E-state index in [4.69, 9.17) is 0 Å². The molecule has 4 heteroatoms. The van der Waals surface area contributed by atoms with Crippen LogP contribution in [0.2, 0.25) is 0 Å². The molecule has 0 unspecified atom stereocenters. The lowest BCUT2D eigenvalue weighted by molar-refractivity contribution is -0.129. The zero-order valence-electron chi connectivity index (χ0n) is 14.3. The van der Waals surface area contributed by atoms with Crippen molar-refractivity contribution in [1.82, 2.24) is 10.9 Å². The maximum absolute atomic E-state index is 11.5. The Morgan fingerprint density at radius 1 is 0.773 bits per heavy atom. The number of hydrazine groups is 1. The molecule has 0 aliphatic heterocycles. The smallest absolute Gasteiger partial charge is 0.241 e. The first-order chi connectivity index (χ1) is 10.7. The Labute approximate surface area is 135 Å². The van der Waals surface area contributed by atoms with E-state index in [1.807, 2.05) is 0 Å². The highest BCUT2D eigenvalue weighted by molar-refractivity contribution is 5.84. The molecular formula is C18H34N2O2. The molecule has 0 aromatic rings. The van der Waals surface area contributed by atoms with Gasteiger partial charge in [0.1, 0.15) is 0 Å². The van der Waals surface area contributed by atoms with Crippen molar-refractivity contribution >= 4 is 11.8 Å². The van der Waals surface area contributed by atoms with Crippen LogP contribution in [0, 0.1) is 5.92 Å². The van der Waals surface area contributed by atoms with E-state index in [2.05, 4.69) is 17.8 Å². The van der Waals surface area contributed by atoms with Gasteiger partial charge in [-0.15, -0.1) is 0 Å². The summed E-state index contributed by atoms with van der Waals surface area (Å²) in [5, 5.41) is 0. The number of carbonyl (C=O) groups excluding carboxylic acids is 2. The zero-order valence-corrected chi connectivity index (χ0v) is 14.3. The van der Waals surface area contributed by atoms with Gasteiger partial charge in [-0.3, -0.25) is 20.4 Å². The Kier molecular flexibility index (Phi) is 10.8. The van der Waals surface area contributed by atoms with Crippen LogP contribution in [0.3, 0.4) is 0 Å². The minimum absolute atomic E-state index is 0.0349. The maximum atomic E-state index is 11.5. The topological polar surface area (TPSA) is 58.2 Å². The minimum atomic E-state index is -0.0649. The van der Waals surface area contributed by atoms with Gasteiger partial charge in [0.05, 0.1) is 0 Å². The highest BCUT2D eigenvalue weighted by atomic mass is 16.2. The van der Waals surface area contributed by atoms with E-state index < -0.39 is 0 Å². The number of hydrogen-bond donors (Lipinski definition) is 2. The Balaban J connectivity index is 1.76. The molecule has 1 aliphatic carbocycles. The van der Waals surface area contributed by atoms with Crippen LogP contribution < -0.4 is 10.9 Å². The van der Waals surface area contributed by atoms with Crippen molar-refractivity contribution in [3.05, 3.63) is 0 Å². The lowest BCUT2D eigenvalue weighted by Gasteiger charge is -2.06. The van der Waals surface area contributed by atoms with Gasteiger partial charge in [0, 0.05) is 12.3 Å². The first-order valence-corrected chi connectivity index (χ1v) is 9.32. The van der Waals surface area contributed by atoms with Crippen LogP contribution >= 0.6 is 0 Å². The fraction of sp³-hybridized carbons (Fsp3) is 0.889. The molecule has 0 saturated heterocycles. The Morgan fingerprint density at radius 2 is 1.27 bits per heavy atom. The summed E-state index contributed by atoms with van der Waals surface area (Å²) >= 11 is 0. The zero-order chi connectivity index (χ0) is 16.0. The summed E-state index contributed by atoms with van der Waals surface area (Å²) in [6.07, 6.45) is 16.5. The molecule has 1 rings (SSSR count). The van der Waals surface area contributed by atoms with Crippen molar-refractivity contribution in [3.63, 3.8) is 0 Å². The Bertz CT molecular complexity index is 314. The second-order valence-corrected chi connectivity index (χ2v) is 6.60. The third kappa shape index (κ3) is 10.6. The van der Waals surface area contributed by atoms with Gasteiger partial charge < -0.3 is 0 Å². The van der Waals surface area contributed by atoms with Crippen molar-refractivity contribution in [2.24, 2.45) is 5.92 Å². The average molecular weight is 310 g/mol. The Hall–Kier alpha value is -1.06. The molecular weight excluding hydrogens is 276 g/mol. The average Bonchev–Trinajstić information content (AvgIpc) is 3.35. The van der Waals surface area contributed by atoms with Gasteiger partial charge in [-0.2, -0.15) is 0 Å². The molecule has 22 heavy (non-hydrogen) atoms. The fourth-order valence-electron chi connectivity index (χ4n) is 2.59. The van der Waals surface area contributed by atoms with Gasteiger partial charge in [-0.25, -0.2) is 0 Å². The maximum Gasteiger partial charge on any atom is 0.241 e. The summed E-state index contributed by atoms with van der Waals surface area (Å²) in [7, 11) is 0. The van der Waals surface area contributed by atoms with Crippen molar-refractivity contribution in [2.75, 3.05) is 0 Å². The molecule has 1 aliphatic rings. The van der Waals surface area contributed by atoms with Crippen molar-refractivity contribution in [2.45, 2.75) is 96.8 Å².